The predicted octanol–water partition coefficient (Wildman–Crippen LogP) is 3.17. The zero-order chi connectivity index (χ0) is 16.9. The summed E-state index contributed by atoms with van der Waals surface area (Å²) in [5, 5.41) is 2.63. The van der Waals surface area contributed by atoms with Gasteiger partial charge in [-0.05, 0) is 25.5 Å². The van der Waals surface area contributed by atoms with Crippen LogP contribution in [0.4, 0.5) is 5.69 Å². The molecule has 0 saturated carbocycles. The van der Waals surface area contributed by atoms with Gasteiger partial charge < -0.3 is 5.32 Å². The monoisotopic (exact) mass is 341 g/mol. The van der Waals surface area contributed by atoms with E-state index >= 15 is 0 Å². The van der Waals surface area contributed by atoms with Crippen LogP contribution in [-0.4, -0.2) is 31.0 Å². The number of phosphoric ester groups is 1. The number of carbonyl (C=O) groups is 2. The van der Waals surface area contributed by atoms with E-state index in [0.29, 0.717) is 17.7 Å². The average Bonchev–Trinajstić information content (AvgIpc) is 2.86. The number of phosphoric acid groups is 1. The Bertz CT molecular complexity index is 632. The molecule has 2 rings (SSSR count). The highest BCUT2D eigenvalue weighted by Crippen LogP contribution is 2.55. The largest absolute Gasteiger partial charge is 0.475 e. The van der Waals surface area contributed by atoms with Gasteiger partial charge >= 0.3 is 7.82 Å². The highest BCUT2D eigenvalue weighted by Gasteiger charge is 2.38. The number of anilines is 1. The van der Waals surface area contributed by atoms with Gasteiger partial charge in [-0.3, -0.25) is 23.2 Å². The molecule has 2 atom stereocenters. The first kappa shape index (κ1) is 17.8. The third-order valence-corrected chi connectivity index (χ3v) is 4.81. The first-order valence-electron chi connectivity index (χ1n) is 7.41. The molecule has 1 aromatic carbocycles. The molecule has 1 N–H and O–H groups in total. The Kier molecular flexibility index (Phi) is 6.07. The third kappa shape index (κ3) is 4.97. The summed E-state index contributed by atoms with van der Waals surface area (Å²) in [6.07, 6.45) is 0.116. The molecule has 23 heavy (non-hydrogen) atoms. The highest BCUT2D eigenvalue weighted by molar-refractivity contribution is 7.48. The fourth-order valence-electron chi connectivity index (χ4n) is 2.23. The van der Waals surface area contributed by atoms with Crippen molar-refractivity contribution in [2.45, 2.75) is 32.8 Å². The molecule has 1 heterocycles. The minimum absolute atomic E-state index is 0.129. The van der Waals surface area contributed by atoms with Crippen LogP contribution < -0.4 is 5.32 Å². The van der Waals surface area contributed by atoms with E-state index in [-0.39, 0.29) is 31.3 Å². The molecule has 1 aliphatic heterocycles. The van der Waals surface area contributed by atoms with Crippen LogP contribution in [0, 0.1) is 0 Å². The van der Waals surface area contributed by atoms with Crippen LogP contribution >= 0.6 is 7.82 Å². The van der Waals surface area contributed by atoms with Crippen molar-refractivity contribution >= 4 is 25.2 Å². The lowest BCUT2D eigenvalue weighted by Gasteiger charge is -2.11. The Morgan fingerprint density at radius 3 is 2.83 bits per heavy atom. The third-order valence-electron chi connectivity index (χ3n) is 3.22. The van der Waals surface area contributed by atoms with Gasteiger partial charge in [0.25, 0.3) is 0 Å². The van der Waals surface area contributed by atoms with Gasteiger partial charge in [-0.25, -0.2) is 4.57 Å². The summed E-state index contributed by atoms with van der Waals surface area (Å²) in [6.45, 7) is 3.45. The van der Waals surface area contributed by atoms with E-state index in [9.17, 15) is 14.2 Å². The lowest BCUT2D eigenvalue weighted by Crippen LogP contribution is -2.14. The summed E-state index contributed by atoms with van der Waals surface area (Å²) in [7, 11) is -3.45. The van der Waals surface area contributed by atoms with Gasteiger partial charge in [0.05, 0.1) is 25.0 Å². The van der Waals surface area contributed by atoms with Gasteiger partial charge in [-0.2, -0.15) is 0 Å². The Balaban J connectivity index is 1.93. The van der Waals surface area contributed by atoms with E-state index in [1.807, 2.05) is 0 Å². The first-order valence-corrected chi connectivity index (χ1v) is 8.87. The van der Waals surface area contributed by atoms with Crippen LogP contribution in [-0.2, 0) is 22.9 Å². The van der Waals surface area contributed by atoms with Crippen LogP contribution in [0.15, 0.2) is 24.3 Å². The zero-order valence-electron chi connectivity index (χ0n) is 13.1. The average molecular weight is 341 g/mol. The molecule has 0 aromatic heterocycles. The van der Waals surface area contributed by atoms with Gasteiger partial charge in [0.1, 0.15) is 0 Å². The molecular formula is C15H20NO6P. The van der Waals surface area contributed by atoms with Crippen molar-refractivity contribution in [1.82, 2.24) is 0 Å². The molecule has 7 nitrogen and oxygen atoms in total. The second kappa shape index (κ2) is 7.84. The molecule has 1 aromatic rings. The van der Waals surface area contributed by atoms with Gasteiger partial charge in [0.15, 0.2) is 5.78 Å². The van der Waals surface area contributed by atoms with Crippen molar-refractivity contribution in [3.63, 3.8) is 0 Å². The summed E-state index contributed by atoms with van der Waals surface area (Å²) in [4.78, 5) is 23.5. The molecule has 8 heteroatoms. The number of nitrogens with one attached hydrogen (secondary N) is 1. The maximum atomic E-state index is 12.3. The number of rotatable bonds is 7. The number of amides is 1. The van der Waals surface area contributed by atoms with Crippen molar-refractivity contribution in [3.8, 4) is 0 Å². The minimum Gasteiger partial charge on any atom is -0.326 e. The Morgan fingerprint density at radius 1 is 1.39 bits per heavy atom. The predicted molar refractivity (Wildman–Crippen MR) is 84.4 cm³/mol. The van der Waals surface area contributed by atoms with Crippen LogP contribution in [0.25, 0.3) is 0 Å². The molecule has 0 bridgehead atoms. The number of ketones is 1. The van der Waals surface area contributed by atoms with Crippen LogP contribution in [0.1, 0.15) is 37.0 Å². The molecule has 1 aliphatic rings. The topological polar surface area (TPSA) is 90.9 Å². The number of para-hydroxylation sites is 1. The van der Waals surface area contributed by atoms with E-state index in [0.717, 1.165) is 0 Å². The summed E-state index contributed by atoms with van der Waals surface area (Å²) in [6, 6.07) is 6.81. The van der Waals surface area contributed by atoms with Gasteiger partial charge in [-0.1, -0.05) is 12.1 Å². The van der Waals surface area contributed by atoms with Crippen molar-refractivity contribution in [2.75, 3.05) is 18.5 Å². The summed E-state index contributed by atoms with van der Waals surface area (Å²) >= 11 is 0. The maximum absolute atomic E-state index is 12.3. The fraction of sp³-hybridized carbons (Fsp3) is 0.467. The molecule has 2 unspecified atom stereocenters. The number of benzene rings is 1. The fourth-order valence-corrected chi connectivity index (χ4v) is 3.62. The maximum Gasteiger partial charge on any atom is 0.475 e. The standard InChI is InChI=1S/C15H20NO6P/c1-3-20-23(19)21-10-12(22-23)8-9-15(18)13-6-4-5-7-14(13)16-11(2)17/h4-7,12H,3,8-10H2,1-2H3,(H,16,17). The highest BCUT2D eigenvalue weighted by atomic mass is 31.2. The van der Waals surface area contributed by atoms with Crippen molar-refractivity contribution in [1.29, 1.82) is 0 Å². The van der Waals surface area contributed by atoms with Crippen LogP contribution in [0.2, 0.25) is 0 Å². The molecule has 1 amide bonds. The van der Waals surface area contributed by atoms with Crippen molar-refractivity contribution in [3.05, 3.63) is 29.8 Å². The smallest absolute Gasteiger partial charge is 0.326 e. The Morgan fingerprint density at radius 2 is 2.13 bits per heavy atom. The quantitative estimate of drug-likeness (QED) is 0.605. The molecule has 1 fully saturated rings. The Labute approximate surface area is 134 Å². The molecule has 0 radical (unpaired) electrons. The first-order chi connectivity index (χ1) is 10.9. The number of hydrogen-bond donors (Lipinski definition) is 1. The summed E-state index contributed by atoms with van der Waals surface area (Å²) < 4.78 is 27.2. The van der Waals surface area contributed by atoms with Crippen molar-refractivity contribution < 1.29 is 27.7 Å². The van der Waals surface area contributed by atoms with Crippen molar-refractivity contribution in [2.24, 2.45) is 0 Å². The van der Waals surface area contributed by atoms with E-state index in [2.05, 4.69) is 5.32 Å². The van der Waals surface area contributed by atoms with Gasteiger partial charge in [0, 0.05) is 18.9 Å². The molecule has 1 saturated heterocycles. The SMILES string of the molecule is CCOP1(=O)OCC(CCC(=O)c2ccccc2NC(C)=O)O1. The second-order valence-corrected chi connectivity index (χ2v) is 6.70. The molecule has 0 spiro atoms. The zero-order valence-corrected chi connectivity index (χ0v) is 14.0. The molecular weight excluding hydrogens is 321 g/mol. The minimum atomic E-state index is -3.45. The van der Waals surface area contributed by atoms with Gasteiger partial charge in [-0.15, -0.1) is 0 Å². The molecule has 0 aliphatic carbocycles. The van der Waals surface area contributed by atoms with Gasteiger partial charge in [0.2, 0.25) is 5.91 Å². The van der Waals surface area contributed by atoms with E-state index in [1.54, 1.807) is 31.2 Å². The Hall–Kier alpha value is -1.53. The lowest BCUT2D eigenvalue weighted by molar-refractivity contribution is -0.114. The number of hydrogen-bond acceptors (Lipinski definition) is 6. The van der Waals surface area contributed by atoms with E-state index in [4.69, 9.17) is 13.6 Å². The number of carbonyl (C=O) groups excluding carboxylic acids is 2. The van der Waals surface area contributed by atoms with E-state index in [1.165, 1.54) is 6.92 Å². The van der Waals surface area contributed by atoms with E-state index < -0.39 is 13.9 Å². The normalized spacial score (nSPS) is 23.7. The van der Waals surface area contributed by atoms with Crippen LogP contribution in [0.3, 0.4) is 0 Å². The lowest BCUT2D eigenvalue weighted by atomic mass is 10.0. The second-order valence-electron chi connectivity index (χ2n) is 5.08. The summed E-state index contributed by atoms with van der Waals surface area (Å²) in [5.74, 6) is -0.369. The molecule has 126 valence electrons. The number of Topliss-reactive ketones (excluding diaryl/α,β-unsaturated/α-hetero) is 1. The summed E-state index contributed by atoms with van der Waals surface area (Å²) in [5.41, 5.74) is 0.920. The van der Waals surface area contributed by atoms with Crippen LogP contribution in [0.5, 0.6) is 0 Å².